The van der Waals surface area contributed by atoms with Crippen LogP contribution in [0, 0.1) is 25.1 Å². The van der Waals surface area contributed by atoms with E-state index in [1.807, 2.05) is 45.9 Å². The molecule has 0 aromatic heterocycles. The first-order valence-electron chi connectivity index (χ1n) is 10.2. The summed E-state index contributed by atoms with van der Waals surface area (Å²) in [4.78, 5) is 11.3. The molecule has 0 aliphatic heterocycles. The van der Waals surface area contributed by atoms with Crippen molar-refractivity contribution < 1.29 is 19.0 Å². The molecule has 2 aromatic rings. The Morgan fingerprint density at radius 3 is 2.48 bits per heavy atom. The first-order chi connectivity index (χ1) is 13.6. The van der Waals surface area contributed by atoms with Gasteiger partial charge in [-0.25, -0.2) is 9.18 Å². The Morgan fingerprint density at radius 1 is 1.24 bits per heavy atom. The van der Waals surface area contributed by atoms with Crippen LogP contribution in [0.5, 0.6) is 5.75 Å². The van der Waals surface area contributed by atoms with Gasteiger partial charge >= 0.3 is 6.09 Å². The fourth-order valence-corrected chi connectivity index (χ4v) is 4.30. The molecule has 29 heavy (non-hydrogen) atoms. The zero-order chi connectivity index (χ0) is 21.3. The SMILES string of the molecule is CCCOc1c(C)cc(-c2cc3c(cc2F)[C@@H](NC(=O)O)C(C)(C)CC3)cc1C. The van der Waals surface area contributed by atoms with E-state index >= 15 is 4.39 Å². The molecule has 1 atom stereocenters. The summed E-state index contributed by atoms with van der Waals surface area (Å²) in [5, 5.41) is 11.9. The predicted octanol–water partition coefficient (Wildman–Crippen LogP) is 6.18. The van der Waals surface area contributed by atoms with Crippen LogP contribution < -0.4 is 10.1 Å². The average Bonchev–Trinajstić information content (AvgIpc) is 2.63. The van der Waals surface area contributed by atoms with Crippen LogP contribution >= 0.6 is 0 Å². The number of benzene rings is 2. The van der Waals surface area contributed by atoms with Crippen LogP contribution in [0.1, 0.15) is 61.9 Å². The lowest BCUT2D eigenvalue weighted by Gasteiger charge is -2.40. The van der Waals surface area contributed by atoms with Gasteiger partial charge in [0.15, 0.2) is 0 Å². The van der Waals surface area contributed by atoms with Gasteiger partial charge < -0.3 is 15.2 Å². The van der Waals surface area contributed by atoms with Crippen molar-refractivity contribution >= 4 is 6.09 Å². The fourth-order valence-electron chi connectivity index (χ4n) is 4.30. The Bertz CT molecular complexity index is 913. The Labute approximate surface area is 172 Å². The topological polar surface area (TPSA) is 58.6 Å². The Morgan fingerprint density at radius 2 is 1.90 bits per heavy atom. The summed E-state index contributed by atoms with van der Waals surface area (Å²) in [5.74, 6) is 0.529. The first kappa shape index (κ1) is 21.2. The van der Waals surface area contributed by atoms with E-state index < -0.39 is 12.1 Å². The maximum absolute atomic E-state index is 15.2. The Balaban J connectivity index is 2.05. The molecule has 0 fully saturated rings. The van der Waals surface area contributed by atoms with Gasteiger partial charge in [0, 0.05) is 5.56 Å². The van der Waals surface area contributed by atoms with Gasteiger partial charge in [-0.2, -0.15) is 0 Å². The van der Waals surface area contributed by atoms with Crippen molar-refractivity contribution in [3.63, 3.8) is 0 Å². The maximum atomic E-state index is 15.2. The van der Waals surface area contributed by atoms with Crippen molar-refractivity contribution in [3.05, 3.63) is 52.3 Å². The molecule has 0 heterocycles. The first-order valence-corrected chi connectivity index (χ1v) is 10.2. The standard InChI is InChI=1S/C24H30FNO3/c1-6-9-29-21-14(2)10-17(11-15(21)3)18-12-16-7-8-24(4,5)22(26-23(27)28)19(16)13-20(18)25/h10-13,22,26H,6-9H2,1-5H3,(H,27,28)/t22-/m1/s1. The third-order valence-corrected chi connectivity index (χ3v) is 5.85. The van der Waals surface area contributed by atoms with Gasteiger partial charge in [-0.15, -0.1) is 0 Å². The number of halogens is 1. The summed E-state index contributed by atoms with van der Waals surface area (Å²) in [7, 11) is 0. The van der Waals surface area contributed by atoms with E-state index in [0.29, 0.717) is 12.2 Å². The largest absolute Gasteiger partial charge is 0.493 e. The summed E-state index contributed by atoms with van der Waals surface area (Å²) >= 11 is 0. The summed E-state index contributed by atoms with van der Waals surface area (Å²) in [6, 6.07) is 6.89. The number of aryl methyl sites for hydroxylation is 3. The molecule has 5 heteroatoms. The highest BCUT2D eigenvalue weighted by molar-refractivity contribution is 5.70. The molecule has 2 aromatic carbocycles. The number of rotatable bonds is 5. The lowest BCUT2D eigenvalue weighted by Crippen LogP contribution is -2.40. The maximum Gasteiger partial charge on any atom is 0.405 e. The van der Waals surface area contributed by atoms with Gasteiger partial charge in [-0.3, -0.25) is 0 Å². The van der Waals surface area contributed by atoms with Crippen LogP contribution in [0.15, 0.2) is 24.3 Å². The van der Waals surface area contributed by atoms with E-state index in [0.717, 1.165) is 52.8 Å². The minimum atomic E-state index is -1.09. The second kappa shape index (κ2) is 8.05. The van der Waals surface area contributed by atoms with Crippen LogP contribution in [0.3, 0.4) is 0 Å². The number of carbonyl (C=O) groups is 1. The molecule has 0 radical (unpaired) electrons. The Kier molecular flexibility index (Phi) is 5.87. The number of hydrogen-bond acceptors (Lipinski definition) is 2. The van der Waals surface area contributed by atoms with E-state index in [4.69, 9.17) is 4.74 Å². The quantitative estimate of drug-likeness (QED) is 0.631. The molecule has 1 amide bonds. The van der Waals surface area contributed by atoms with Crippen LogP contribution in [0.25, 0.3) is 11.1 Å². The average molecular weight is 400 g/mol. The Hall–Kier alpha value is -2.56. The highest BCUT2D eigenvalue weighted by Crippen LogP contribution is 2.45. The molecule has 0 unspecified atom stereocenters. The summed E-state index contributed by atoms with van der Waals surface area (Å²) in [5.41, 5.74) is 4.80. The van der Waals surface area contributed by atoms with E-state index in [9.17, 15) is 9.90 Å². The van der Waals surface area contributed by atoms with Crippen molar-refractivity contribution in [2.75, 3.05) is 6.61 Å². The van der Waals surface area contributed by atoms with Crippen LogP contribution in [-0.4, -0.2) is 17.8 Å². The molecule has 0 bridgehead atoms. The van der Waals surface area contributed by atoms with Crippen molar-refractivity contribution in [3.8, 4) is 16.9 Å². The molecular formula is C24H30FNO3. The number of fused-ring (bicyclic) bond motifs is 1. The van der Waals surface area contributed by atoms with Crippen LogP contribution in [0.4, 0.5) is 9.18 Å². The zero-order valence-electron chi connectivity index (χ0n) is 17.9. The number of ether oxygens (including phenoxy) is 1. The smallest absolute Gasteiger partial charge is 0.405 e. The zero-order valence-corrected chi connectivity index (χ0v) is 17.9. The summed E-state index contributed by atoms with van der Waals surface area (Å²) in [6.45, 7) is 10.7. The van der Waals surface area contributed by atoms with E-state index in [1.165, 1.54) is 6.07 Å². The second-order valence-corrected chi connectivity index (χ2v) is 8.69. The number of carboxylic acid groups (broad SMARTS) is 1. The summed E-state index contributed by atoms with van der Waals surface area (Å²) in [6.07, 6.45) is 1.47. The highest BCUT2D eigenvalue weighted by atomic mass is 19.1. The third-order valence-electron chi connectivity index (χ3n) is 5.85. The van der Waals surface area contributed by atoms with Crippen LogP contribution in [-0.2, 0) is 6.42 Å². The van der Waals surface area contributed by atoms with Gasteiger partial charge in [0.05, 0.1) is 12.6 Å². The second-order valence-electron chi connectivity index (χ2n) is 8.69. The molecule has 3 rings (SSSR count). The van der Waals surface area contributed by atoms with E-state index in [-0.39, 0.29) is 11.2 Å². The lowest BCUT2D eigenvalue weighted by atomic mass is 9.70. The predicted molar refractivity (Wildman–Crippen MR) is 113 cm³/mol. The molecule has 4 nitrogen and oxygen atoms in total. The minimum absolute atomic E-state index is 0.273. The van der Waals surface area contributed by atoms with E-state index in [1.54, 1.807) is 0 Å². The van der Waals surface area contributed by atoms with Gasteiger partial charge in [-0.05, 0) is 90.6 Å². The minimum Gasteiger partial charge on any atom is -0.493 e. The van der Waals surface area contributed by atoms with Crippen molar-refractivity contribution in [2.45, 2.75) is 59.9 Å². The number of amides is 1. The molecule has 1 aliphatic carbocycles. The molecule has 2 N–H and O–H groups in total. The normalized spacial score (nSPS) is 17.5. The molecule has 156 valence electrons. The lowest BCUT2D eigenvalue weighted by molar-refractivity contribution is 0.161. The van der Waals surface area contributed by atoms with Crippen molar-refractivity contribution in [2.24, 2.45) is 5.41 Å². The fraction of sp³-hybridized carbons (Fsp3) is 0.458. The molecule has 1 aliphatic rings. The number of nitrogens with one attached hydrogen (secondary N) is 1. The van der Waals surface area contributed by atoms with Crippen molar-refractivity contribution in [1.29, 1.82) is 0 Å². The van der Waals surface area contributed by atoms with Gasteiger partial charge in [-0.1, -0.05) is 20.8 Å². The van der Waals surface area contributed by atoms with Gasteiger partial charge in [0.25, 0.3) is 0 Å². The highest BCUT2D eigenvalue weighted by Gasteiger charge is 2.37. The van der Waals surface area contributed by atoms with Crippen molar-refractivity contribution in [1.82, 2.24) is 5.32 Å². The van der Waals surface area contributed by atoms with Gasteiger partial charge in [0.2, 0.25) is 0 Å². The monoisotopic (exact) mass is 399 g/mol. The third kappa shape index (κ3) is 4.24. The molecular weight excluding hydrogens is 369 g/mol. The van der Waals surface area contributed by atoms with Crippen LogP contribution in [0.2, 0.25) is 0 Å². The number of hydrogen-bond donors (Lipinski definition) is 2. The summed E-state index contributed by atoms with van der Waals surface area (Å²) < 4.78 is 21.0. The van der Waals surface area contributed by atoms with Gasteiger partial charge in [0.1, 0.15) is 11.6 Å². The van der Waals surface area contributed by atoms with E-state index in [2.05, 4.69) is 12.2 Å². The molecule has 0 spiro atoms. The molecule has 0 saturated carbocycles. The molecule has 0 saturated heterocycles.